The van der Waals surface area contributed by atoms with Crippen molar-refractivity contribution in [2.45, 2.75) is 24.2 Å². The molecule has 31 heavy (non-hydrogen) atoms. The van der Waals surface area contributed by atoms with Crippen LogP contribution < -0.4 is 10.6 Å². The quantitative estimate of drug-likeness (QED) is 0.397. The van der Waals surface area contributed by atoms with Crippen molar-refractivity contribution in [3.63, 3.8) is 0 Å². The molecule has 0 atom stereocenters. The Kier molecular flexibility index (Phi) is 6.39. The van der Waals surface area contributed by atoms with Gasteiger partial charge in [0.05, 0.1) is 0 Å². The fraction of sp³-hybridized carbons (Fsp3) is 0.182. The summed E-state index contributed by atoms with van der Waals surface area (Å²) < 4.78 is 2.61. The molecule has 9 heteroatoms. The number of halogens is 1. The average Bonchev–Trinajstić information content (AvgIpc) is 3.10. The first-order valence-corrected chi connectivity index (χ1v) is 11.1. The van der Waals surface area contributed by atoms with Crippen molar-refractivity contribution in [3.8, 4) is 0 Å². The fourth-order valence-electron chi connectivity index (χ4n) is 3.19. The van der Waals surface area contributed by atoms with Crippen LogP contribution in [-0.4, -0.2) is 31.6 Å². The number of amides is 1. The number of thioether (sulfide) groups is 1. The minimum atomic E-state index is -0.372. The van der Waals surface area contributed by atoms with Gasteiger partial charge >= 0.3 is 5.69 Å². The van der Waals surface area contributed by atoms with E-state index in [9.17, 15) is 9.59 Å². The molecule has 0 aliphatic rings. The molecule has 4 aromatic rings. The molecule has 158 valence electrons. The molecule has 2 aromatic carbocycles. The van der Waals surface area contributed by atoms with Crippen LogP contribution in [0.1, 0.15) is 12.5 Å². The van der Waals surface area contributed by atoms with Crippen LogP contribution in [0.15, 0.2) is 76.8 Å². The molecule has 7 nitrogen and oxygen atoms in total. The fourth-order valence-corrected chi connectivity index (χ4v) is 4.21. The molecule has 2 heterocycles. The Hall–Kier alpha value is -3.10. The lowest BCUT2D eigenvalue weighted by Gasteiger charge is -2.20. The van der Waals surface area contributed by atoms with Crippen LogP contribution in [0.2, 0.25) is 5.02 Å². The molecule has 4 rings (SSSR count). The van der Waals surface area contributed by atoms with Crippen LogP contribution in [0.25, 0.3) is 5.65 Å². The van der Waals surface area contributed by atoms with E-state index in [1.807, 2.05) is 61.5 Å². The second kappa shape index (κ2) is 9.36. The molecule has 0 unspecified atom stereocenters. The molecule has 0 saturated heterocycles. The molecule has 0 radical (unpaired) electrons. The summed E-state index contributed by atoms with van der Waals surface area (Å²) in [4.78, 5) is 31.7. The van der Waals surface area contributed by atoms with Gasteiger partial charge in [0, 0.05) is 35.4 Å². The third-order valence-corrected chi connectivity index (χ3v) is 6.02. The van der Waals surface area contributed by atoms with Gasteiger partial charge in [0.25, 0.3) is 0 Å². The number of fused-ring (bicyclic) bond motifs is 1. The molecular formula is C22H20ClN5O2S. The third kappa shape index (κ3) is 4.65. The summed E-state index contributed by atoms with van der Waals surface area (Å²) in [6, 6.07) is 16.9. The topological polar surface area (TPSA) is 72.5 Å². The van der Waals surface area contributed by atoms with Gasteiger partial charge in [-0.2, -0.15) is 0 Å². The van der Waals surface area contributed by atoms with Crippen molar-refractivity contribution < 1.29 is 4.79 Å². The predicted octanol–water partition coefficient (Wildman–Crippen LogP) is 3.89. The monoisotopic (exact) mass is 453 g/mol. The van der Waals surface area contributed by atoms with Gasteiger partial charge in [-0.05, 0) is 36.8 Å². The van der Waals surface area contributed by atoms with E-state index in [2.05, 4.69) is 10.1 Å². The second-order valence-electron chi connectivity index (χ2n) is 6.75. The maximum Gasteiger partial charge on any atom is 0.350 e. The van der Waals surface area contributed by atoms with Crippen molar-refractivity contribution in [1.29, 1.82) is 0 Å². The minimum absolute atomic E-state index is 0.148. The number of hydrogen-bond donors (Lipinski definition) is 0. The highest BCUT2D eigenvalue weighted by Crippen LogP contribution is 2.24. The summed E-state index contributed by atoms with van der Waals surface area (Å²) in [7, 11) is 0. The van der Waals surface area contributed by atoms with Gasteiger partial charge in [-0.25, -0.2) is 18.9 Å². The largest absolute Gasteiger partial charge is 0.350 e. The summed E-state index contributed by atoms with van der Waals surface area (Å²) in [6.45, 7) is 2.24. The third-order valence-electron chi connectivity index (χ3n) is 4.73. The highest BCUT2D eigenvalue weighted by molar-refractivity contribution is 7.98. The summed E-state index contributed by atoms with van der Waals surface area (Å²) in [5, 5.41) is 5.71. The molecule has 0 aliphatic carbocycles. The highest BCUT2D eigenvalue weighted by Gasteiger charge is 2.18. The van der Waals surface area contributed by atoms with Gasteiger partial charge in [0.1, 0.15) is 11.6 Å². The lowest BCUT2D eigenvalue weighted by atomic mass is 10.2. The molecule has 0 N–H and O–H groups in total. The van der Waals surface area contributed by atoms with Gasteiger partial charge in [-0.3, -0.25) is 4.79 Å². The number of anilines is 1. The van der Waals surface area contributed by atoms with Crippen molar-refractivity contribution in [2.24, 2.45) is 0 Å². The lowest BCUT2D eigenvalue weighted by Crippen LogP contribution is -2.36. The number of para-hydroxylation sites is 1. The zero-order valence-electron chi connectivity index (χ0n) is 16.8. The predicted molar refractivity (Wildman–Crippen MR) is 123 cm³/mol. The molecule has 0 aliphatic heterocycles. The van der Waals surface area contributed by atoms with Gasteiger partial charge in [0.2, 0.25) is 5.91 Å². The maximum absolute atomic E-state index is 12.9. The van der Waals surface area contributed by atoms with Crippen LogP contribution in [0.4, 0.5) is 5.69 Å². The zero-order valence-corrected chi connectivity index (χ0v) is 18.4. The molecule has 2 aromatic heterocycles. The molecule has 0 bridgehead atoms. The van der Waals surface area contributed by atoms with Crippen LogP contribution in [0, 0.1) is 0 Å². The normalized spacial score (nSPS) is 11.0. The molecule has 0 saturated carbocycles. The van der Waals surface area contributed by atoms with E-state index in [0.29, 0.717) is 28.0 Å². The van der Waals surface area contributed by atoms with Crippen molar-refractivity contribution >= 4 is 40.6 Å². The lowest BCUT2D eigenvalue weighted by molar-refractivity contribution is -0.119. The number of carbonyl (C=O) groups is 1. The molecule has 0 spiro atoms. The Bertz CT molecular complexity index is 1250. The number of aromatic nitrogens is 4. The molecule has 0 fully saturated rings. The molecular weight excluding hydrogens is 434 g/mol. The van der Waals surface area contributed by atoms with E-state index in [4.69, 9.17) is 11.6 Å². The molecule has 1 amide bonds. The first-order valence-electron chi connectivity index (χ1n) is 9.73. The smallest absolute Gasteiger partial charge is 0.311 e. The van der Waals surface area contributed by atoms with Crippen molar-refractivity contribution in [2.75, 3.05) is 11.4 Å². The number of nitrogens with zero attached hydrogens (tertiary/aromatic N) is 5. The Morgan fingerprint density at radius 1 is 1.13 bits per heavy atom. The van der Waals surface area contributed by atoms with E-state index in [-0.39, 0.29) is 18.1 Å². The standard InChI is InChI=1S/C22H20ClN5O2S/c1-2-26(18-6-4-3-5-7-18)19(29)14-28-22(30)27-13-12-24-21(20(27)25-28)31-15-16-8-10-17(23)11-9-16/h3-13H,2,14-15H2,1H3. The van der Waals surface area contributed by atoms with Crippen molar-refractivity contribution in [1.82, 2.24) is 19.2 Å². The van der Waals surface area contributed by atoms with Gasteiger partial charge in [0.15, 0.2) is 5.65 Å². The van der Waals surface area contributed by atoms with Gasteiger partial charge in [-0.15, -0.1) is 5.10 Å². The summed E-state index contributed by atoms with van der Waals surface area (Å²) >= 11 is 7.41. The second-order valence-corrected chi connectivity index (χ2v) is 8.16. The first kappa shape index (κ1) is 21.1. The number of likely N-dealkylation sites (N-methyl/N-ethyl adjacent to an activating group) is 1. The zero-order chi connectivity index (χ0) is 21.8. The van der Waals surface area contributed by atoms with E-state index >= 15 is 0 Å². The average molecular weight is 454 g/mol. The van der Waals surface area contributed by atoms with Crippen LogP contribution in [-0.2, 0) is 17.1 Å². The van der Waals surface area contributed by atoms with Crippen molar-refractivity contribution in [3.05, 3.63) is 88.1 Å². The van der Waals surface area contributed by atoms with E-state index < -0.39 is 0 Å². The first-order chi connectivity index (χ1) is 15.1. The van der Waals surface area contributed by atoms with E-state index in [1.54, 1.807) is 17.3 Å². The number of hydrogen-bond acceptors (Lipinski definition) is 5. The van der Waals surface area contributed by atoms with Gasteiger partial charge in [-0.1, -0.05) is 53.7 Å². The number of rotatable bonds is 7. The minimum Gasteiger partial charge on any atom is -0.311 e. The SMILES string of the molecule is CCN(C(=O)Cn1nc2c(SCc3ccc(Cl)cc3)nccn2c1=O)c1ccccc1. The Morgan fingerprint density at radius 3 is 2.58 bits per heavy atom. The van der Waals surface area contributed by atoms with Crippen LogP contribution >= 0.6 is 23.4 Å². The number of carbonyl (C=O) groups excluding carboxylic acids is 1. The van der Waals surface area contributed by atoms with Crippen LogP contribution in [0.5, 0.6) is 0 Å². The number of benzene rings is 2. The summed E-state index contributed by atoms with van der Waals surface area (Å²) in [5.74, 6) is 0.448. The summed E-state index contributed by atoms with van der Waals surface area (Å²) in [6.07, 6.45) is 3.13. The van der Waals surface area contributed by atoms with E-state index in [1.165, 1.54) is 20.8 Å². The van der Waals surface area contributed by atoms with Crippen LogP contribution in [0.3, 0.4) is 0 Å². The summed E-state index contributed by atoms with van der Waals surface area (Å²) in [5.41, 5.74) is 1.93. The Balaban J connectivity index is 1.57. The highest BCUT2D eigenvalue weighted by atomic mass is 35.5. The Labute approximate surface area is 188 Å². The Morgan fingerprint density at radius 2 is 1.87 bits per heavy atom. The van der Waals surface area contributed by atoms with Gasteiger partial charge < -0.3 is 4.90 Å². The maximum atomic E-state index is 12.9. The van der Waals surface area contributed by atoms with E-state index in [0.717, 1.165) is 11.3 Å².